The molecule has 0 bridgehead atoms. The van der Waals surface area contributed by atoms with Crippen LogP contribution in [0.1, 0.15) is 11.1 Å². The van der Waals surface area contributed by atoms with Gasteiger partial charge in [-0.1, -0.05) is 60.7 Å². The highest BCUT2D eigenvalue weighted by molar-refractivity contribution is 7.71. The highest BCUT2D eigenvalue weighted by Gasteiger charge is 2.26. The lowest BCUT2D eigenvalue weighted by Gasteiger charge is -2.25. The van der Waals surface area contributed by atoms with E-state index in [1.54, 1.807) is 6.33 Å². The molecule has 1 aliphatic heterocycles. The van der Waals surface area contributed by atoms with Crippen molar-refractivity contribution < 1.29 is 0 Å². The van der Waals surface area contributed by atoms with Crippen molar-refractivity contribution in [2.75, 3.05) is 11.4 Å². The summed E-state index contributed by atoms with van der Waals surface area (Å²) in [6.07, 6.45) is 1.57. The molecule has 1 aliphatic rings. The molecule has 28 heavy (non-hydrogen) atoms. The third-order valence-corrected chi connectivity index (χ3v) is 5.58. The van der Waals surface area contributed by atoms with E-state index in [2.05, 4.69) is 61.9 Å². The van der Waals surface area contributed by atoms with Gasteiger partial charge in [-0.3, -0.25) is 0 Å². The van der Waals surface area contributed by atoms with Crippen LogP contribution in [0.2, 0.25) is 0 Å². The first-order valence-electron chi connectivity index (χ1n) is 9.16. The normalized spacial score (nSPS) is 12.9. The standard InChI is InChI=1S/C22H17N5S/c23-12-17-19-21(22(28)25-14-24-19)27-11-10-26(13-15-6-2-1-3-7-15)18-9-5-4-8-16(18)20(17)27/h1-9,14H,10-11,13H2,(H,24,25,28). The van der Waals surface area contributed by atoms with Crippen LogP contribution in [0.25, 0.3) is 22.3 Å². The summed E-state index contributed by atoms with van der Waals surface area (Å²) in [5.41, 5.74) is 6.57. The topological polar surface area (TPSA) is 60.6 Å². The second-order valence-corrected chi connectivity index (χ2v) is 7.23. The molecule has 1 N–H and O–H groups in total. The van der Waals surface area contributed by atoms with Gasteiger partial charge in [-0.15, -0.1) is 0 Å². The molecule has 0 saturated carbocycles. The third kappa shape index (κ3) is 2.52. The maximum Gasteiger partial charge on any atom is 0.153 e. The molecule has 5 rings (SSSR count). The summed E-state index contributed by atoms with van der Waals surface area (Å²) in [6.45, 7) is 2.36. The van der Waals surface area contributed by atoms with E-state index < -0.39 is 0 Å². The number of para-hydroxylation sites is 1. The minimum absolute atomic E-state index is 0.519. The van der Waals surface area contributed by atoms with Gasteiger partial charge in [0.25, 0.3) is 0 Å². The van der Waals surface area contributed by atoms with Crippen molar-refractivity contribution >= 4 is 28.9 Å². The lowest BCUT2D eigenvalue weighted by molar-refractivity contribution is 0.686. The summed E-state index contributed by atoms with van der Waals surface area (Å²) in [5.74, 6) is 0. The second-order valence-electron chi connectivity index (χ2n) is 6.84. The van der Waals surface area contributed by atoms with Crippen LogP contribution in [0.4, 0.5) is 5.69 Å². The second kappa shape index (κ2) is 6.63. The van der Waals surface area contributed by atoms with Crippen LogP contribution in [-0.2, 0) is 13.1 Å². The molecule has 6 heteroatoms. The Bertz CT molecular complexity index is 1280. The number of H-pyrrole nitrogens is 1. The predicted octanol–water partition coefficient (Wildman–Crippen LogP) is 4.65. The monoisotopic (exact) mass is 383 g/mol. The number of anilines is 1. The molecule has 2 aromatic carbocycles. The quantitative estimate of drug-likeness (QED) is 0.512. The number of rotatable bonds is 2. The molecule has 0 spiro atoms. The lowest BCUT2D eigenvalue weighted by atomic mass is 10.0. The molecule has 0 amide bonds. The van der Waals surface area contributed by atoms with E-state index in [9.17, 15) is 5.26 Å². The van der Waals surface area contributed by atoms with E-state index in [4.69, 9.17) is 12.2 Å². The van der Waals surface area contributed by atoms with Crippen LogP contribution < -0.4 is 4.90 Å². The van der Waals surface area contributed by atoms with Crippen LogP contribution in [0, 0.1) is 16.0 Å². The molecule has 0 radical (unpaired) electrons. The van der Waals surface area contributed by atoms with Gasteiger partial charge in [0.05, 0.1) is 17.5 Å². The Morgan fingerprint density at radius 2 is 1.86 bits per heavy atom. The van der Waals surface area contributed by atoms with Gasteiger partial charge in [-0.2, -0.15) is 5.26 Å². The molecule has 5 nitrogen and oxygen atoms in total. The number of hydrogen-bond donors (Lipinski definition) is 1. The Hall–Kier alpha value is -3.43. The van der Waals surface area contributed by atoms with Crippen molar-refractivity contribution in [3.63, 3.8) is 0 Å². The molecule has 136 valence electrons. The van der Waals surface area contributed by atoms with Crippen molar-refractivity contribution in [3.8, 4) is 17.3 Å². The van der Waals surface area contributed by atoms with Crippen LogP contribution in [-0.4, -0.2) is 21.1 Å². The average molecular weight is 383 g/mol. The summed E-state index contributed by atoms with van der Waals surface area (Å²) < 4.78 is 2.68. The molecular formula is C22H17N5S. The first kappa shape index (κ1) is 16.7. The van der Waals surface area contributed by atoms with Gasteiger partial charge >= 0.3 is 0 Å². The van der Waals surface area contributed by atoms with Crippen molar-refractivity contribution in [1.82, 2.24) is 14.5 Å². The van der Waals surface area contributed by atoms with Crippen LogP contribution >= 0.6 is 12.2 Å². The smallest absolute Gasteiger partial charge is 0.153 e. The SMILES string of the molecule is N#Cc1c2n(c3c(=S)nc[nH]c13)CCN(Cc1ccccc1)c1ccccc1-2. The Balaban J connectivity index is 1.75. The van der Waals surface area contributed by atoms with Crippen molar-refractivity contribution in [2.24, 2.45) is 0 Å². The molecule has 0 atom stereocenters. The number of fused-ring (bicyclic) bond motifs is 5. The predicted molar refractivity (Wildman–Crippen MR) is 113 cm³/mol. The Labute approximate surface area is 167 Å². The molecule has 0 fully saturated rings. The first-order valence-corrected chi connectivity index (χ1v) is 9.57. The number of benzene rings is 2. The van der Waals surface area contributed by atoms with E-state index in [1.165, 1.54) is 5.56 Å². The molecule has 2 aromatic heterocycles. The van der Waals surface area contributed by atoms with Crippen molar-refractivity contribution in [2.45, 2.75) is 13.1 Å². The molecule has 0 saturated heterocycles. The minimum atomic E-state index is 0.519. The summed E-state index contributed by atoms with van der Waals surface area (Å²) in [7, 11) is 0. The fraction of sp³-hybridized carbons (Fsp3) is 0.136. The van der Waals surface area contributed by atoms with Gasteiger partial charge in [-0.25, -0.2) is 4.98 Å². The number of hydrogen-bond acceptors (Lipinski definition) is 4. The van der Waals surface area contributed by atoms with Gasteiger partial charge in [0.15, 0.2) is 4.64 Å². The summed E-state index contributed by atoms with van der Waals surface area (Å²) in [4.78, 5) is 9.76. The van der Waals surface area contributed by atoms with Gasteiger partial charge in [-0.05, 0) is 11.6 Å². The highest BCUT2D eigenvalue weighted by atomic mass is 32.1. The van der Waals surface area contributed by atoms with Crippen molar-refractivity contribution in [1.29, 1.82) is 5.26 Å². The number of aromatic nitrogens is 3. The zero-order valence-electron chi connectivity index (χ0n) is 15.1. The summed E-state index contributed by atoms with van der Waals surface area (Å²) in [5, 5.41) is 9.94. The number of nitrogens with zero attached hydrogens (tertiary/aromatic N) is 4. The summed E-state index contributed by atoms with van der Waals surface area (Å²) >= 11 is 5.50. The first-order chi connectivity index (χ1) is 13.8. The van der Waals surface area contributed by atoms with Gasteiger partial charge in [0, 0.05) is 30.9 Å². The fourth-order valence-corrected chi connectivity index (χ4v) is 4.33. The molecule has 0 unspecified atom stereocenters. The zero-order chi connectivity index (χ0) is 19.1. The maximum atomic E-state index is 9.94. The average Bonchev–Trinajstić information content (AvgIpc) is 2.98. The fourth-order valence-electron chi connectivity index (χ4n) is 4.07. The Morgan fingerprint density at radius 1 is 1.07 bits per heavy atom. The van der Waals surface area contributed by atoms with Gasteiger partial charge in [0.1, 0.15) is 17.1 Å². The van der Waals surface area contributed by atoms with Crippen LogP contribution in [0.5, 0.6) is 0 Å². The Morgan fingerprint density at radius 3 is 2.68 bits per heavy atom. The van der Waals surface area contributed by atoms with Gasteiger partial charge in [0.2, 0.25) is 0 Å². The van der Waals surface area contributed by atoms with E-state index in [0.717, 1.165) is 47.6 Å². The molecular weight excluding hydrogens is 366 g/mol. The maximum absolute atomic E-state index is 9.94. The van der Waals surface area contributed by atoms with E-state index in [0.29, 0.717) is 10.2 Å². The highest BCUT2D eigenvalue weighted by Crippen LogP contribution is 2.40. The Kier molecular flexibility index (Phi) is 3.96. The lowest BCUT2D eigenvalue weighted by Crippen LogP contribution is -2.25. The largest absolute Gasteiger partial charge is 0.365 e. The van der Waals surface area contributed by atoms with E-state index in [-0.39, 0.29) is 0 Å². The number of nitriles is 1. The number of nitrogens with one attached hydrogen (secondary N) is 1. The van der Waals surface area contributed by atoms with Crippen molar-refractivity contribution in [3.05, 3.63) is 76.7 Å². The van der Waals surface area contributed by atoms with Gasteiger partial charge < -0.3 is 14.5 Å². The number of aromatic amines is 1. The van der Waals surface area contributed by atoms with Crippen LogP contribution in [0.15, 0.2) is 60.9 Å². The molecule has 3 heterocycles. The third-order valence-electron chi connectivity index (χ3n) is 5.28. The van der Waals surface area contributed by atoms with E-state index >= 15 is 0 Å². The zero-order valence-corrected chi connectivity index (χ0v) is 15.9. The molecule has 4 aromatic rings. The summed E-state index contributed by atoms with van der Waals surface area (Å²) in [6, 6.07) is 21.1. The minimum Gasteiger partial charge on any atom is -0.365 e. The van der Waals surface area contributed by atoms with E-state index in [1.807, 2.05) is 18.2 Å². The van der Waals surface area contributed by atoms with Crippen LogP contribution in [0.3, 0.4) is 0 Å². The molecule has 0 aliphatic carbocycles.